The van der Waals surface area contributed by atoms with Crippen LogP contribution in [-0.2, 0) is 0 Å². The summed E-state index contributed by atoms with van der Waals surface area (Å²) in [6, 6.07) is 13.5. The fourth-order valence-corrected chi connectivity index (χ4v) is 3.44. The average Bonchev–Trinajstić information content (AvgIpc) is 2.40. The van der Waals surface area contributed by atoms with E-state index in [0.29, 0.717) is 0 Å². The first-order valence-electron chi connectivity index (χ1n) is 6.78. The van der Waals surface area contributed by atoms with Crippen LogP contribution in [0.5, 0.6) is 0 Å². The molecule has 0 radical (unpaired) electrons. The second-order valence-corrected chi connectivity index (χ2v) is 7.10. The van der Waals surface area contributed by atoms with Crippen LogP contribution in [0.3, 0.4) is 0 Å². The van der Waals surface area contributed by atoms with Gasteiger partial charge in [-0.1, -0.05) is 41.1 Å². The van der Waals surface area contributed by atoms with E-state index in [1.54, 1.807) is 0 Å². The molecule has 0 aliphatic rings. The van der Waals surface area contributed by atoms with Gasteiger partial charge in [-0.15, -0.1) is 0 Å². The molecule has 0 saturated carbocycles. The van der Waals surface area contributed by atoms with Crippen LogP contribution < -0.4 is 5.32 Å². The molecule has 0 heterocycles. The lowest BCUT2D eigenvalue weighted by Gasteiger charge is -2.22. The monoisotopic (exact) mass is 443 g/mol. The molecule has 0 amide bonds. The Morgan fingerprint density at radius 1 is 1.15 bits per heavy atom. The van der Waals surface area contributed by atoms with Gasteiger partial charge in [0, 0.05) is 8.04 Å². The summed E-state index contributed by atoms with van der Waals surface area (Å²) in [5.41, 5.74) is 5.27. The van der Waals surface area contributed by atoms with Crippen molar-refractivity contribution in [2.24, 2.45) is 0 Å². The van der Waals surface area contributed by atoms with Crippen molar-refractivity contribution in [3.8, 4) is 0 Å². The van der Waals surface area contributed by atoms with E-state index >= 15 is 0 Å². The minimum Gasteiger partial charge on any atom is -0.307 e. The second kappa shape index (κ2) is 7.05. The highest BCUT2D eigenvalue weighted by atomic mass is 127. The van der Waals surface area contributed by atoms with Gasteiger partial charge in [0.1, 0.15) is 0 Å². The van der Waals surface area contributed by atoms with Gasteiger partial charge in [0.15, 0.2) is 0 Å². The molecule has 0 fully saturated rings. The van der Waals surface area contributed by atoms with Crippen LogP contribution in [0.4, 0.5) is 0 Å². The van der Waals surface area contributed by atoms with Gasteiger partial charge in [-0.2, -0.15) is 0 Å². The summed E-state index contributed by atoms with van der Waals surface area (Å²) in [6.45, 7) is 7.43. The first-order chi connectivity index (χ1) is 9.52. The lowest BCUT2D eigenvalue weighted by molar-refractivity contribution is 0.627. The van der Waals surface area contributed by atoms with E-state index in [1.807, 2.05) is 0 Å². The van der Waals surface area contributed by atoms with Crippen molar-refractivity contribution in [1.29, 1.82) is 0 Å². The van der Waals surface area contributed by atoms with Crippen molar-refractivity contribution in [2.45, 2.75) is 26.8 Å². The Kier molecular flexibility index (Phi) is 5.64. The molecular weight excluding hydrogens is 425 g/mol. The molecule has 1 nitrogen and oxygen atoms in total. The molecule has 2 aromatic rings. The Labute approximate surface area is 143 Å². The standard InChI is InChI=1S/C17H19BrIN/c1-4-20-17(13-6-5-7-14(19)10-13)15-8-12(3)16(18)9-11(15)2/h5-10,17,20H,4H2,1-3H3. The lowest BCUT2D eigenvalue weighted by atomic mass is 9.93. The van der Waals surface area contributed by atoms with E-state index in [-0.39, 0.29) is 6.04 Å². The number of hydrogen-bond acceptors (Lipinski definition) is 1. The summed E-state index contributed by atoms with van der Waals surface area (Å²) >= 11 is 5.99. The molecule has 2 rings (SSSR count). The van der Waals surface area contributed by atoms with Gasteiger partial charge >= 0.3 is 0 Å². The van der Waals surface area contributed by atoms with Crippen molar-refractivity contribution in [3.05, 3.63) is 66.7 Å². The highest BCUT2D eigenvalue weighted by Crippen LogP contribution is 2.30. The molecule has 1 unspecified atom stereocenters. The predicted molar refractivity (Wildman–Crippen MR) is 98.3 cm³/mol. The Bertz CT molecular complexity index is 610. The zero-order valence-electron chi connectivity index (χ0n) is 12.0. The molecule has 0 aromatic heterocycles. The summed E-state index contributed by atoms with van der Waals surface area (Å²) < 4.78 is 2.45. The van der Waals surface area contributed by atoms with Gasteiger partial charge in [0.25, 0.3) is 0 Å². The molecule has 106 valence electrons. The SMILES string of the molecule is CCNC(c1cccc(I)c1)c1cc(C)c(Br)cc1C. The molecule has 1 N–H and O–H groups in total. The number of aryl methyl sites for hydroxylation is 2. The van der Waals surface area contributed by atoms with Gasteiger partial charge < -0.3 is 5.32 Å². The highest BCUT2D eigenvalue weighted by Gasteiger charge is 2.16. The van der Waals surface area contributed by atoms with Crippen LogP contribution in [0.1, 0.15) is 35.2 Å². The molecule has 1 atom stereocenters. The maximum atomic E-state index is 3.61. The second-order valence-electron chi connectivity index (χ2n) is 5.00. The smallest absolute Gasteiger partial charge is 0.0579 e. The van der Waals surface area contributed by atoms with Crippen LogP contribution in [-0.4, -0.2) is 6.54 Å². The topological polar surface area (TPSA) is 12.0 Å². The fourth-order valence-electron chi connectivity index (χ4n) is 2.41. The zero-order valence-corrected chi connectivity index (χ0v) is 15.7. The maximum Gasteiger partial charge on any atom is 0.0579 e. The largest absolute Gasteiger partial charge is 0.307 e. The van der Waals surface area contributed by atoms with Gasteiger partial charge in [0.05, 0.1) is 6.04 Å². The van der Waals surface area contributed by atoms with E-state index in [4.69, 9.17) is 0 Å². The normalized spacial score (nSPS) is 12.4. The first kappa shape index (κ1) is 16.0. The number of halogens is 2. The lowest BCUT2D eigenvalue weighted by Crippen LogP contribution is -2.23. The molecule has 0 saturated heterocycles. The summed E-state index contributed by atoms with van der Waals surface area (Å²) in [7, 11) is 0. The third kappa shape index (κ3) is 3.62. The van der Waals surface area contributed by atoms with Gasteiger partial charge in [-0.3, -0.25) is 0 Å². The maximum absolute atomic E-state index is 3.61. The first-order valence-corrected chi connectivity index (χ1v) is 8.65. The molecule has 2 aromatic carbocycles. The summed E-state index contributed by atoms with van der Waals surface area (Å²) in [4.78, 5) is 0. The van der Waals surface area contributed by atoms with E-state index in [0.717, 1.165) is 6.54 Å². The summed E-state index contributed by atoms with van der Waals surface area (Å²) in [5, 5.41) is 3.61. The quantitative estimate of drug-likeness (QED) is 0.626. The molecule has 0 spiro atoms. The van der Waals surface area contributed by atoms with E-state index in [9.17, 15) is 0 Å². The van der Waals surface area contributed by atoms with Crippen molar-refractivity contribution < 1.29 is 0 Å². The van der Waals surface area contributed by atoms with Crippen molar-refractivity contribution in [2.75, 3.05) is 6.54 Å². The minimum atomic E-state index is 0.251. The third-order valence-electron chi connectivity index (χ3n) is 3.45. The molecule has 0 aliphatic carbocycles. The van der Waals surface area contributed by atoms with Crippen LogP contribution in [0.25, 0.3) is 0 Å². The zero-order chi connectivity index (χ0) is 14.7. The highest BCUT2D eigenvalue weighted by molar-refractivity contribution is 14.1. The van der Waals surface area contributed by atoms with Crippen LogP contribution in [0, 0.1) is 17.4 Å². The van der Waals surface area contributed by atoms with Crippen LogP contribution >= 0.6 is 38.5 Å². The van der Waals surface area contributed by atoms with Crippen molar-refractivity contribution >= 4 is 38.5 Å². The van der Waals surface area contributed by atoms with Crippen molar-refractivity contribution in [1.82, 2.24) is 5.32 Å². The van der Waals surface area contributed by atoms with Crippen LogP contribution in [0.2, 0.25) is 0 Å². The predicted octanol–water partition coefficient (Wildman–Crippen LogP) is 5.37. The summed E-state index contributed by atoms with van der Waals surface area (Å²) in [5.74, 6) is 0. The molecule has 20 heavy (non-hydrogen) atoms. The Hall–Kier alpha value is -0.390. The van der Waals surface area contributed by atoms with E-state index < -0.39 is 0 Å². The average molecular weight is 444 g/mol. The van der Waals surface area contributed by atoms with Crippen molar-refractivity contribution in [3.63, 3.8) is 0 Å². The minimum absolute atomic E-state index is 0.251. The Morgan fingerprint density at radius 3 is 2.55 bits per heavy atom. The number of benzene rings is 2. The van der Waals surface area contributed by atoms with E-state index in [1.165, 1.54) is 30.3 Å². The fraction of sp³-hybridized carbons (Fsp3) is 0.294. The molecule has 3 heteroatoms. The molecule has 0 aliphatic heterocycles. The van der Waals surface area contributed by atoms with Gasteiger partial charge in [0.2, 0.25) is 0 Å². The number of rotatable bonds is 4. The molecular formula is C17H19BrIN. The van der Waals surface area contributed by atoms with Gasteiger partial charge in [-0.25, -0.2) is 0 Å². The van der Waals surface area contributed by atoms with Gasteiger partial charge in [-0.05, 0) is 83.4 Å². The van der Waals surface area contributed by atoms with E-state index in [2.05, 4.69) is 101 Å². The number of hydrogen-bond donors (Lipinski definition) is 1. The Balaban J connectivity index is 2.51. The third-order valence-corrected chi connectivity index (χ3v) is 4.97. The molecule has 0 bridgehead atoms. The van der Waals surface area contributed by atoms with Crippen LogP contribution in [0.15, 0.2) is 40.9 Å². The number of nitrogens with one attached hydrogen (secondary N) is 1. The Morgan fingerprint density at radius 2 is 1.90 bits per heavy atom. The summed E-state index contributed by atoms with van der Waals surface area (Å²) in [6.07, 6.45) is 0.